The highest BCUT2D eigenvalue weighted by Crippen LogP contribution is 2.19. The van der Waals surface area contributed by atoms with E-state index >= 15 is 0 Å². The van der Waals surface area contributed by atoms with E-state index in [2.05, 4.69) is 15.3 Å². The van der Waals surface area contributed by atoms with Crippen molar-refractivity contribution < 1.29 is 9.66 Å². The molecule has 1 aromatic carbocycles. The van der Waals surface area contributed by atoms with Crippen molar-refractivity contribution in [2.45, 2.75) is 13.5 Å². The Balaban J connectivity index is 2.01. The van der Waals surface area contributed by atoms with E-state index in [-0.39, 0.29) is 5.69 Å². The first kappa shape index (κ1) is 13.7. The Bertz CT molecular complexity index is 614. The molecule has 0 atom stereocenters. The van der Waals surface area contributed by atoms with E-state index in [0.29, 0.717) is 12.5 Å². The predicted octanol–water partition coefficient (Wildman–Crippen LogP) is 2.31. The third kappa shape index (κ3) is 3.19. The number of benzene rings is 1. The summed E-state index contributed by atoms with van der Waals surface area (Å²) < 4.78 is 5.19. The Morgan fingerprint density at radius 2 is 2.05 bits per heavy atom. The molecule has 1 aromatic heterocycles. The van der Waals surface area contributed by atoms with E-state index in [1.165, 1.54) is 12.4 Å². The van der Waals surface area contributed by atoms with Gasteiger partial charge in [-0.05, 0) is 24.1 Å². The number of nitrogens with zero attached hydrogens (tertiary/aromatic N) is 3. The number of hydrogen-bond donors (Lipinski definition) is 1. The van der Waals surface area contributed by atoms with E-state index in [1.807, 2.05) is 25.1 Å². The van der Waals surface area contributed by atoms with Gasteiger partial charge in [-0.15, -0.1) is 0 Å². The van der Waals surface area contributed by atoms with Crippen LogP contribution >= 0.6 is 0 Å². The minimum Gasteiger partial charge on any atom is -0.496 e. The Kier molecular flexibility index (Phi) is 4.09. The number of hydrogen-bond acceptors (Lipinski definition) is 6. The van der Waals surface area contributed by atoms with Crippen LogP contribution in [0.4, 0.5) is 11.6 Å². The van der Waals surface area contributed by atoms with Crippen LogP contribution < -0.4 is 10.1 Å². The zero-order valence-corrected chi connectivity index (χ0v) is 11.2. The monoisotopic (exact) mass is 274 g/mol. The van der Waals surface area contributed by atoms with E-state index in [1.54, 1.807) is 7.11 Å². The standard InChI is InChI=1S/C13H14N4O3/c1-9-5-10(3-4-12(9)20-2)6-14-13-15-7-11(8-16-13)17(18)19/h3-5,7-8H,6H2,1-2H3,(H,14,15,16). The zero-order valence-electron chi connectivity index (χ0n) is 11.2. The zero-order chi connectivity index (χ0) is 14.5. The van der Waals surface area contributed by atoms with Crippen LogP contribution in [-0.4, -0.2) is 22.0 Å². The maximum absolute atomic E-state index is 10.5. The normalized spacial score (nSPS) is 10.1. The number of anilines is 1. The average Bonchev–Trinajstić information content (AvgIpc) is 2.45. The maximum Gasteiger partial charge on any atom is 0.305 e. The molecule has 2 rings (SSSR count). The molecule has 0 aliphatic rings. The summed E-state index contributed by atoms with van der Waals surface area (Å²) in [5, 5.41) is 13.5. The van der Waals surface area contributed by atoms with Crippen LogP contribution in [0.2, 0.25) is 0 Å². The van der Waals surface area contributed by atoms with Gasteiger partial charge in [0.2, 0.25) is 5.95 Å². The number of methoxy groups -OCH3 is 1. The number of rotatable bonds is 5. The lowest BCUT2D eigenvalue weighted by Crippen LogP contribution is -2.04. The molecule has 0 aliphatic carbocycles. The van der Waals surface area contributed by atoms with Gasteiger partial charge in [0.15, 0.2) is 0 Å². The molecule has 1 N–H and O–H groups in total. The summed E-state index contributed by atoms with van der Waals surface area (Å²) in [5.41, 5.74) is 1.96. The number of ether oxygens (including phenoxy) is 1. The van der Waals surface area contributed by atoms with Gasteiger partial charge in [0.25, 0.3) is 0 Å². The van der Waals surface area contributed by atoms with Gasteiger partial charge >= 0.3 is 5.69 Å². The minimum atomic E-state index is -0.531. The SMILES string of the molecule is COc1ccc(CNc2ncc([N+](=O)[O-])cn2)cc1C. The van der Waals surface area contributed by atoms with Gasteiger partial charge in [0, 0.05) is 6.54 Å². The largest absolute Gasteiger partial charge is 0.496 e. The maximum atomic E-state index is 10.5. The van der Waals surface area contributed by atoms with Gasteiger partial charge in [0.1, 0.15) is 18.1 Å². The van der Waals surface area contributed by atoms with Crippen molar-refractivity contribution in [3.8, 4) is 5.75 Å². The molecule has 0 radical (unpaired) electrons. The van der Waals surface area contributed by atoms with E-state index in [4.69, 9.17) is 4.74 Å². The lowest BCUT2D eigenvalue weighted by atomic mass is 10.1. The lowest BCUT2D eigenvalue weighted by Gasteiger charge is -2.08. The molecule has 1 heterocycles. The summed E-state index contributed by atoms with van der Waals surface area (Å²) in [7, 11) is 1.63. The van der Waals surface area contributed by atoms with E-state index < -0.39 is 4.92 Å². The minimum absolute atomic E-state index is 0.129. The second-order valence-corrected chi connectivity index (χ2v) is 4.18. The summed E-state index contributed by atoms with van der Waals surface area (Å²) in [5.74, 6) is 1.18. The molecule has 0 bridgehead atoms. The van der Waals surface area contributed by atoms with Gasteiger partial charge in [-0.25, -0.2) is 9.97 Å². The van der Waals surface area contributed by atoms with Gasteiger partial charge in [0.05, 0.1) is 12.0 Å². The van der Waals surface area contributed by atoms with Gasteiger partial charge < -0.3 is 10.1 Å². The highest BCUT2D eigenvalue weighted by Gasteiger charge is 2.06. The van der Waals surface area contributed by atoms with Crippen LogP contribution in [0.1, 0.15) is 11.1 Å². The number of nitrogens with one attached hydrogen (secondary N) is 1. The first-order valence-corrected chi connectivity index (χ1v) is 5.94. The topological polar surface area (TPSA) is 90.2 Å². The molecule has 2 aromatic rings. The van der Waals surface area contributed by atoms with Crippen LogP contribution in [-0.2, 0) is 6.54 Å². The van der Waals surface area contributed by atoms with Gasteiger partial charge in [-0.1, -0.05) is 12.1 Å². The molecule has 0 unspecified atom stereocenters. The second kappa shape index (κ2) is 5.96. The van der Waals surface area contributed by atoms with Crippen molar-refractivity contribution in [3.05, 3.63) is 51.8 Å². The smallest absolute Gasteiger partial charge is 0.305 e. The summed E-state index contributed by atoms with van der Waals surface area (Å²) in [6.45, 7) is 2.49. The summed E-state index contributed by atoms with van der Waals surface area (Å²) in [6, 6.07) is 5.82. The average molecular weight is 274 g/mol. The van der Waals surface area contributed by atoms with Crippen LogP contribution in [0, 0.1) is 17.0 Å². The van der Waals surface area contributed by atoms with Crippen molar-refractivity contribution in [2.24, 2.45) is 0 Å². The van der Waals surface area contributed by atoms with E-state index in [9.17, 15) is 10.1 Å². The highest BCUT2D eigenvalue weighted by atomic mass is 16.6. The number of aromatic nitrogens is 2. The summed E-state index contributed by atoms with van der Waals surface area (Å²) in [4.78, 5) is 17.7. The van der Waals surface area contributed by atoms with Gasteiger partial charge in [-0.3, -0.25) is 10.1 Å². The molecule has 0 aliphatic heterocycles. The fraction of sp³-hybridized carbons (Fsp3) is 0.231. The first-order valence-electron chi connectivity index (χ1n) is 5.94. The van der Waals surface area contributed by atoms with Crippen molar-refractivity contribution in [1.82, 2.24) is 9.97 Å². The molecular formula is C13H14N4O3. The second-order valence-electron chi connectivity index (χ2n) is 4.18. The predicted molar refractivity (Wildman–Crippen MR) is 73.7 cm³/mol. The molecule has 0 fully saturated rings. The Morgan fingerprint density at radius 1 is 1.35 bits per heavy atom. The quantitative estimate of drug-likeness (QED) is 0.664. The van der Waals surface area contributed by atoms with Crippen LogP contribution in [0.3, 0.4) is 0 Å². The molecule has 0 spiro atoms. The Labute approximate surface area is 115 Å². The molecular weight excluding hydrogens is 260 g/mol. The molecule has 7 nitrogen and oxygen atoms in total. The molecule has 7 heteroatoms. The lowest BCUT2D eigenvalue weighted by molar-refractivity contribution is -0.385. The van der Waals surface area contributed by atoms with Crippen LogP contribution in [0.25, 0.3) is 0 Å². The Hall–Kier alpha value is -2.70. The van der Waals surface area contributed by atoms with Crippen LogP contribution in [0.5, 0.6) is 5.75 Å². The summed E-state index contributed by atoms with van der Waals surface area (Å²) >= 11 is 0. The number of nitro groups is 1. The fourth-order valence-electron chi connectivity index (χ4n) is 1.74. The van der Waals surface area contributed by atoms with E-state index in [0.717, 1.165) is 16.9 Å². The summed E-state index contributed by atoms with van der Waals surface area (Å²) in [6.07, 6.45) is 2.35. The molecule has 104 valence electrons. The van der Waals surface area contributed by atoms with Gasteiger partial charge in [-0.2, -0.15) is 0 Å². The molecule has 20 heavy (non-hydrogen) atoms. The van der Waals surface area contributed by atoms with Crippen molar-refractivity contribution >= 4 is 11.6 Å². The van der Waals surface area contributed by atoms with Crippen molar-refractivity contribution in [3.63, 3.8) is 0 Å². The van der Waals surface area contributed by atoms with Crippen molar-refractivity contribution in [2.75, 3.05) is 12.4 Å². The molecule has 0 saturated heterocycles. The number of aryl methyl sites for hydroxylation is 1. The first-order chi connectivity index (χ1) is 9.60. The molecule has 0 amide bonds. The third-order valence-electron chi connectivity index (χ3n) is 2.76. The molecule has 0 saturated carbocycles. The fourth-order valence-corrected chi connectivity index (χ4v) is 1.74. The Morgan fingerprint density at radius 3 is 2.60 bits per heavy atom. The van der Waals surface area contributed by atoms with Crippen LogP contribution in [0.15, 0.2) is 30.6 Å². The van der Waals surface area contributed by atoms with Crippen molar-refractivity contribution in [1.29, 1.82) is 0 Å². The third-order valence-corrected chi connectivity index (χ3v) is 2.76. The highest BCUT2D eigenvalue weighted by molar-refractivity contribution is 5.38.